The summed E-state index contributed by atoms with van der Waals surface area (Å²) in [4.78, 5) is 15.7. The van der Waals surface area contributed by atoms with Gasteiger partial charge in [-0.1, -0.05) is 0 Å². The minimum atomic E-state index is -3.31. The summed E-state index contributed by atoms with van der Waals surface area (Å²) in [7, 11) is -3.31. The molecule has 0 saturated carbocycles. The van der Waals surface area contributed by atoms with Crippen LogP contribution in [0.15, 0.2) is 47.4 Å². The Hall–Kier alpha value is -3.00. The van der Waals surface area contributed by atoms with Gasteiger partial charge in [-0.15, -0.1) is 0 Å². The fourth-order valence-electron chi connectivity index (χ4n) is 4.71. The summed E-state index contributed by atoms with van der Waals surface area (Å²) < 4.78 is 39.1. The lowest BCUT2D eigenvalue weighted by atomic mass is 9.94. The quantitative estimate of drug-likeness (QED) is 0.603. The Morgan fingerprint density at radius 3 is 2.50 bits per heavy atom. The number of rotatable bonds is 3. The van der Waals surface area contributed by atoms with Crippen molar-refractivity contribution in [2.24, 2.45) is 0 Å². The smallest absolute Gasteiger partial charge is 0.279 e. The molecule has 1 amide bonds. The standard InChI is InChI=1S/C24H24FN3O3S/c1-32(30,31)19-12-13-21-16(15-19)5-4-14-27(21)24(29)23-20-6-2-3-7-22(20)28(26-23)18-10-8-17(25)9-11-18/h8-13,15H,2-7,14H2,1H3. The fraction of sp³-hybridized carbons (Fsp3) is 0.333. The Kier molecular flexibility index (Phi) is 5.12. The number of fused-ring (bicyclic) bond motifs is 2. The second-order valence-corrected chi connectivity index (χ2v) is 10.5. The molecule has 1 aromatic heterocycles. The van der Waals surface area contributed by atoms with Crippen molar-refractivity contribution in [1.82, 2.24) is 9.78 Å². The van der Waals surface area contributed by atoms with Crippen LogP contribution in [0.25, 0.3) is 5.69 Å². The van der Waals surface area contributed by atoms with E-state index in [1.165, 1.54) is 18.4 Å². The Balaban J connectivity index is 1.57. The molecular weight excluding hydrogens is 429 g/mol. The van der Waals surface area contributed by atoms with Gasteiger partial charge < -0.3 is 4.90 Å². The predicted octanol–water partition coefficient (Wildman–Crippen LogP) is 3.89. The molecule has 0 bridgehead atoms. The number of hydrogen-bond donors (Lipinski definition) is 0. The monoisotopic (exact) mass is 453 g/mol. The molecule has 5 rings (SSSR count). The van der Waals surface area contributed by atoms with E-state index in [0.29, 0.717) is 12.2 Å². The van der Waals surface area contributed by atoms with Crippen LogP contribution in [0, 0.1) is 5.82 Å². The number of carbonyl (C=O) groups excluding carboxylic acids is 1. The summed E-state index contributed by atoms with van der Waals surface area (Å²) in [5, 5.41) is 4.70. The Morgan fingerprint density at radius 1 is 1.00 bits per heavy atom. The van der Waals surface area contributed by atoms with Crippen molar-refractivity contribution in [2.75, 3.05) is 17.7 Å². The zero-order valence-electron chi connectivity index (χ0n) is 17.8. The van der Waals surface area contributed by atoms with Gasteiger partial charge in [0.25, 0.3) is 5.91 Å². The van der Waals surface area contributed by atoms with E-state index >= 15 is 0 Å². The molecule has 1 aliphatic carbocycles. The van der Waals surface area contributed by atoms with Crippen LogP contribution in [0.1, 0.15) is 46.6 Å². The van der Waals surface area contributed by atoms with Gasteiger partial charge in [-0.2, -0.15) is 5.10 Å². The molecule has 0 fully saturated rings. The van der Waals surface area contributed by atoms with E-state index in [9.17, 15) is 17.6 Å². The average Bonchev–Trinajstić information content (AvgIpc) is 3.17. The number of carbonyl (C=O) groups is 1. The molecule has 0 saturated heterocycles. The highest BCUT2D eigenvalue weighted by atomic mass is 32.2. The number of sulfone groups is 1. The number of aryl methyl sites for hydroxylation is 1. The van der Waals surface area contributed by atoms with E-state index in [0.717, 1.165) is 66.7 Å². The molecular formula is C24H24FN3O3S. The van der Waals surface area contributed by atoms with E-state index < -0.39 is 9.84 Å². The third-order valence-electron chi connectivity index (χ3n) is 6.30. The maximum absolute atomic E-state index is 13.7. The van der Waals surface area contributed by atoms with Crippen molar-refractivity contribution in [3.8, 4) is 5.69 Å². The molecule has 2 aromatic carbocycles. The molecule has 6 nitrogen and oxygen atoms in total. The molecule has 0 atom stereocenters. The minimum absolute atomic E-state index is 0.169. The van der Waals surface area contributed by atoms with Gasteiger partial charge in [0.05, 0.1) is 10.6 Å². The number of anilines is 1. The first kappa shape index (κ1) is 20.9. The molecule has 2 heterocycles. The number of benzene rings is 2. The average molecular weight is 454 g/mol. The summed E-state index contributed by atoms with van der Waals surface area (Å²) in [5.74, 6) is -0.485. The lowest BCUT2D eigenvalue weighted by Gasteiger charge is -2.29. The molecule has 8 heteroatoms. The topological polar surface area (TPSA) is 72.3 Å². The van der Waals surface area contributed by atoms with Gasteiger partial charge in [-0.05, 0) is 86.6 Å². The molecule has 3 aromatic rings. The van der Waals surface area contributed by atoms with Crippen LogP contribution in [0.5, 0.6) is 0 Å². The van der Waals surface area contributed by atoms with Crippen LogP contribution in [0.4, 0.5) is 10.1 Å². The van der Waals surface area contributed by atoms with Crippen molar-refractivity contribution in [1.29, 1.82) is 0 Å². The number of aromatic nitrogens is 2. The summed E-state index contributed by atoms with van der Waals surface area (Å²) >= 11 is 0. The fourth-order valence-corrected chi connectivity index (χ4v) is 5.38. The first-order valence-corrected chi connectivity index (χ1v) is 12.7. The molecule has 32 heavy (non-hydrogen) atoms. The van der Waals surface area contributed by atoms with E-state index in [2.05, 4.69) is 0 Å². The maximum atomic E-state index is 13.7. The van der Waals surface area contributed by atoms with Crippen LogP contribution in [-0.4, -0.2) is 36.9 Å². The molecule has 0 radical (unpaired) electrons. The summed E-state index contributed by atoms with van der Waals surface area (Å²) in [6.45, 7) is 0.558. The predicted molar refractivity (Wildman–Crippen MR) is 120 cm³/mol. The Bertz CT molecular complexity index is 1310. The molecule has 1 aliphatic heterocycles. The Labute approximate surface area is 186 Å². The van der Waals surface area contributed by atoms with E-state index in [1.807, 2.05) is 0 Å². The molecule has 0 N–H and O–H groups in total. The van der Waals surface area contributed by atoms with Crippen LogP contribution in [0.3, 0.4) is 0 Å². The second kappa shape index (κ2) is 7.85. The number of hydrogen-bond acceptors (Lipinski definition) is 4. The highest BCUT2D eigenvalue weighted by Gasteiger charge is 2.31. The van der Waals surface area contributed by atoms with E-state index in [4.69, 9.17) is 5.10 Å². The summed E-state index contributed by atoms with van der Waals surface area (Å²) in [6, 6.07) is 11.1. The van der Waals surface area contributed by atoms with Gasteiger partial charge in [0.1, 0.15) is 5.82 Å². The van der Waals surface area contributed by atoms with Gasteiger partial charge >= 0.3 is 0 Å². The first-order valence-electron chi connectivity index (χ1n) is 10.8. The van der Waals surface area contributed by atoms with E-state index in [1.54, 1.807) is 39.9 Å². The lowest BCUT2D eigenvalue weighted by Crippen LogP contribution is -2.36. The number of amides is 1. The maximum Gasteiger partial charge on any atom is 0.279 e. The van der Waals surface area contributed by atoms with Crippen LogP contribution < -0.4 is 4.90 Å². The van der Waals surface area contributed by atoms with Gasteiger partial charge in [0, 0.05) is 29.7 Å². The van der Waals surface area contributed by atoms with Crippen molar-refractivity contribution < 1.29 is 17.6 Å². The van der Waals surface area contributed by atoms with Crippen molar-refractivity contribution in [2.45, 2.75) is 43.4 Å². The Morgan fingerprint density at radius 2 is 1.75 bits per heavy atom. The zero-order chi connectivity index (χ0) is 22.5. The normalized spacial score (nSPS) is 15.9. The highest BCUT2D eigenvalue weighted by molar-refractivity contribution is 7.90. The number of halogens is 1. The van der Waals surface area contributed by atoms with Crippen LogP contribution >= 0.6 is 0 Å². The SMILES string of the molecule is CS(=O)(=O)c1ccc2c(c1)CCCN2C(=O)c1nn(-c2ccc(F)cc2)c2c1CCCC2. The minimum Gasteiger partial charge on any atom is -0.307 e. The van der Waals surface area contributed by atoms with Gasteiger partial charge in [0.2, 0.25) is 0 Å². The highest BCUT2D eigenvalue weighted by Crippen LogP contribution is 2.33. The summed E-state index contributed by atoms with van der Waals surface area (Å²) in [6.07, 6.45) is 6.30. The zero-order valence-corrected chi connectivity index (χ0v) is 18.7. The van der Waals surface area contributed by atoms with Crippen molar-refractivity contribution >= 4 is 21.4 Å². The molecule has 166 valence electrons. The molecule has 2 aliphatic rings. The second-order valence-electron chi connectivity index (χ2n) is 8.49. The lowest BCUT2D eigenvalue weighted by molar-refractivity contribution is 0.0979. The van der Waals surface area contributed by atoms with Crippen molar-refractivity contribution in [3.05, 3.63) is 70.8 Å². The first-order chi connectivity index (χ1) is 15.3. The van der Waals surface area contributed by atoms with Gasteiger partial charge in [0.15, 0.2) is 15.5 Å². The van der Waals surface area contributed by atoms with Gasteiger partial charge in [-0.25, -0.2) is 17.5 Å². The van der Waals surface area contributed by atoms with Gasteiger partial charge in [-0.3, -0.25) is 4.79 Å². The largest absolute Gasteiger partial charge is 0.307 e. The van der Waals surface area contributed by atoms with Crippen LogP contribution in [0.2, 0.25) is 0 Å². The molecule has 0 unspecified atom stereocenters. The van der Waals surface area contributed by atoms with E-state index in [-0.39, 0.29) is 16.6 Å². The third-order valence-corrected chi connectivity index (χ3v) is 7.41. The third kappa shape index (κ3) is 3.62. The summed E-state index contributed by atoms with van der Waals surface area (Å²) in [5.41, 5.74) is 4.75. The molecule has 0 spiro atoms. The van der Waals surface area contributed by atoms with Crippen molar-refractivity contribution in [3.63, 3.8) is 0 Å². The number of nitrogens with zero attached hydrogens (tertiary/aromatic N) is 3. The van der Waals surface area contributed by atoms with Crippen LogP contribution in [-0.2, 0) is 29.1 Å².